The number of aryl methyl sites for hydroxylation is 1. The van der Waals surface area contributed by atoms with Gasteiger partial charge < -0.3 is 4.74 Å². The van der Waals surface area contributed by atoms with Gasteiger partial charge >= 0.3 is 6.09 Å². The molecule has 1 amide bonds. The Morgan fingerprint density at radius 2 is 1.60 bits per heavy atom. The molecule has 0 atom stereocenters. The first-order valence-corrected chi connectivity index (χ1v) is 6.38. The summed E-state index contributed by atoms with van der Waals surface area (Å²) >= 11 is 0. The molecule has 0 aliphatic heterocycles. The monoisotopic (exact) mass is 267 g/mol. The van der Waals surface area contributed by atoms with Crippen molar-refractivity contribution >= 4 is 23.9 Å². The number of methoxy groups -OCH3 is 1. The molecule has 3 heteroatoms. The zero-order valence-electron chi connectivity index (χ0n) is 11.6. The van der Waals surface area contributed by atoms with Gasteiger partial charge in [0.15, 0.2) is 0 Å². The standard InChI is InChI=1S/C17H17NO2/c1-13-7-3-4-8-14(13)11-12-15-9-5-6-10-16(15)18-17(19)20-2/h3-12H,1-2H3,(H,18,19). The number of hydrogen-bond donors (Lipinski definition) is 1. The van der Waals surface area contributed by atoms with Gasteiger partial charge in [0.1, 0.15) is 0 Å². The van der Waals surface area contributed by atoms with Crippen molar-refractivity contribution < 1.29 is 9.53 Å². The zero-order chi connectivity index (χ0) is 14.4. The molecule has 0 aliphatic rings. The second kappa shape index (κ2) is 6.57. The molecule has 2 aromatic rings. The number of rotatable bonds is 3. The van der Waals surface area contributed by atoms with E-state index in [-0.39, 0.29) is 0 Å². The van der Waals surface area contributed by atoms with E-state index in [9.17, 15) is 4.79 Å². The van der Waals surface area contributed by atoms with E-state index in [0.717, 1.165) is 16.8 Å². The van der Waals surface area contributed by atoms with Crippen molar-refractivity contribution in [2.75, 3.05) is 12.4 Å². The molecular weight excluding hydrogens is 250 g/mol. The Kier molecular flexibility index (Phi) is 4.56. The molecule has 0 unspecified atom stereocenters. The molecule has 0 aromatic heterocycles. The van der Waals surface area contributed by atoms with Crippen LogP contribution in [-0.2, 0) is 4.74 Å². The van der Waals surface area contributed by atoms with Crippen LogP contribution in [0.25, 0.3) is 12.2 Å². The summed E-state index contributed by atoms with van der Waals surface area (Å²) in [6, 6.07) is 15.7. The van der Waals surface area contributed by atoms with Crippen LogP contribution in [0.3, 0.4) is 0 Å². The maximum Gasteiger partial charge on any atom is 0.411 e. The van der Waals surface area contributed by atoms with Gasteiger partial charge in [-0.05, 0) is 29.7 Å². The molecule has 0 saturated carbocycles. The number of carbonyl (C=O) groups excluding carboxylic acids is 1. The Balaban J connectivity index is 2.25. The predicted molar refractivity (Wildman–Crippen MR) is 82.6 cm³/mol. The molecule has 3 nitrogen and oxygen atoms in total. The zero-order valence-corrected chi connectivity index (χ0v) is 11.6. The third-order valence-corrected chi connectivity index (χ3v) is 3.01. The van der Waals surface area contributed by atoms with Gasteiger partial charge in [0.2, 0.25) is 0 Å². The molecule has 102 valence electrons. The van der Waals surface area contributed by atoms with Gasteiger partial charge in [0.25, 0.3) is 0 Å². The largest absolute Gasteiger partial charge is 0.453 e. The van der Waals surface area contributed by atoms with E-state index >= 15 is 0 Å². The quantitative estimate of drug-likeness (QED) is 0.840. The third kappa shape index (κ3) is 3.48. The topological polar surface area (TPSA) is 38.3 Å². The highest BCUT2D eigenvalue weighted by molar-refractivity contribution is 5.89. The Hall–Kier alpha value is -2.55. The second-order valence-corrected chi connectivity index (χ2v) is 4.39. The van der Waals surface area contributed by atoms with Crippen molar-refractivity contribution in [3.05, 3.63) is 65.2 Å². The Morgan fingerprint density at radius 1 is 1.00 bits per heavy atom. The lowest BCUT2D eigenvalue weighted by molar-refractivity contribution is 0.187. The number of amides is 1. The number of carbonyl (C=O) groups is 1. The van der Waals surface area contributed by atoms with Gasteiger partial charge in [0.05, 0.1) is 12.8 Å². The molecule has 2 aromatic carbocycles. The van der Waals surface area contributed by atoms with Crippen LogP contribution in [0.15, 0.2) is 48.5 Å². The summed E-state index contributed by atoms with van der Waals surface area (Å²) in [4.78, 5) is 11.3. The van der Waals surface area contributed by atoms with E-state index in [1.165, 1.54) is 12.7 Å². The summed E-state index contributed by atoms with van der Waals surface area (Å²) in [6.45, 7) is 2.07. The van der Waals surface area contributed by atoms with Crippen molar-refractivity contribution in [1.29, 1.82) is 0 Å². The summed E-state index contributed by atoms with van der Waals surface area (Å²) in [5.74, 6) is 0. The molecule has 2 rings (SSSR count). The molecule has 0 saturated heterocycles. The average molecular weight is 267 g/mol. The highest BCUT2D eigenvalue weighted by Gasteiger charge is 2.03. The van der Waals surface area contributed by atoms with Gasteiger partial charge in [0, 0.05) is 0 Å². The summed E-state index contributed by atoms with van der Waals surface area (Å²) < 4.78 is 4.62. The number of benzene rings is 2. The van der Waals surface area contributed by atoms with Crippen LogP contribution in [0, 0.1) is 6.92 Å². The normalized spacial score (nSPS) is 10.5. The summed E-state index contributed by atoms with van der Waals surface area (Å²) in [6.07, 6.45) is 3.54. The minimum atomic E-state index is -0.471. The maximum atomic E-state index is 11.3. The van der Waals surface area contributed by atoms with Gasteiger partial charge in [-0.3, -0.25) is 5.32 Å². The highest BCUT2D eigenvalue weighted by atomic mass is 16.5. The number of anilines is 1. The average Bonchev–Trinajstić information content (AvgIpc) is 2.47. The predicted octanol–water partition coefficient (Wildman–Crippen LogP) is 4.34. The Bertz CT molecular complexity index is 632. The van der Waals surface area contributed by atoms with E-state index in [4.69, 9.17) is 0 Å². The number of para-hydroxylation sites is 1. The van der Waals surface area contributed by atoms with Crippen LogP contribution in [0.1, 0.15) is 16.7 Å². The van der Waals surface area contributed by atoms with Crippen LogP contribution in [-0.4, -0.2) is 13.2 Å². The molecular formula is C17H17NO2. The lowest BCUT2D eigenvalue weighted by Crippen LogP contribution is -2.11. The van der Waals surface area contributed by atoms with E-state index in [0.29, 0.717) is 0 Å². The Morgan fingerprint density at radius 3 is 2.30 bits per heavy atom. The highest BCUT2D eigenvalue weighted by Crippen LogP contribution is 2.19. The lowest BCUT2D eigenvalue weighted by atomic mass is 10.1. The summed E-state index contributed by atoms with van der Waals surface area (Å²) in [7, 11) is 1.35. The number of nitrogens with one attached hydrogen (secondary N) is 1. The summed E-state index contributed by atoms with van der Waals surface area (Å²) in [5.41, 5.74) is 4.02. The smallest absolute Gasteiger partial charge is 0.411 e. The molecule has 0 bridgehead atoms. The molecule has 0 heterocycles. The molecule has 1 N–H and O–H groups in total. The molecule has 0 fully saturated rings. The van der Waals surface area contributed by atoms with Crippen LogP contribution in [0.4, 0.5) is 10.5 Å². The summed E-state index contributed by atoms with van der Waals surface area (Å²) in [5, 5.41) is 2.70. The number of ether oxygens (including phenoxy) is 1. The first-order chi connectivity index (χ1) is 9.70. The van der Waals surface area contributed by atoms with Crippen LogP contribution < -0.4 is 5.32 Å². The lowest BCUT2D eigenvalue weighted by Gasteiger charge is -2.07. The molecule has 0 radical (unpaired) electrons. The fourth-order valence-corrected chi connectivity index (χ4v) is 1.87. The van der Waals surface area contributed by atoms with Crippen molar-refractivity contribution in [2.24, 2.45) is 0 Å². The van der Waals surface area contributed by atoms with Crippen molar-refractivity contribution in [1.82, 2.24) is 0 Å². The first-order valence-electron chi connectivity index (χ1n) is 6.38. The maximum absolute atomic E-state index is 11.3. The van der Waals surface area contributed by atoms with Crippen LogP contribution >= 0.6 is 0 Å². The molecule has 20 heavy (non-hydrogen) atoms. The molecule has 0 aliphatic carbocycles. The van der Waals surface area contributed by atoms with Crippen molar-refractivity contribution in [3.8, 4) is 0 Å². The fraction of sp³-hybridized carbons (Fsp3) is 0.118. The van der Waals surface area contributed by atoms with Crippen LogP contribution in [0.2, 0.25) is 0 Å². The molecule has 0 spiro atoms. The minimum absolute atomic E-state index is 0.471. The van der Waals surface area contributed by atoms with E-state index in [2.05, 4.69) is 29.1 Å². The van der Waals surface area contributed by atoms with E-state index in [1.54, 1.807) is 0 Å². The Labute approximate surface area is 118 Å². The van der Waals surface area contributed by atoms with Crippen molar-refractivity contribution in [3.63, 3.8) is 0 Å². The van der Waals surface area contributed by atoms with E-state index in [1.807, 2.05) is 48.6 Å². The van der Waals surface area contributed by atoms with Gasteiger partial charge in [-0.15, -0.1) is 0 Å². The van der Waals surface area contributed by atoms with Gasteiger partial charge in [-0.25, -0.2) is 4.79 Å². The van der Waals surface area contributed by atoms with E-state index < -0.39 is 6.09 Å². The second-order valence-electron chi connectivity index (χ2n) is 4.39. The minimum Gasteiger partial charge on any atom is -0.453 e. The third-order valence-electron chi connectivity index (χ3n) is 3.01. The van der Waals surface area contributed by atoms with Gasteiger partial charge in [-0.2, -0.15) is 0 Å². The fourth-order valence-electron chi connectivity index (χ4n) is 1.87. The van der Waals surface area contributed by atoms with Gasteiger partial charge in [-0.1, -0.05) is 54.6 Å². The van der Waals surface area contributed by atoms with Crippen LogP contribution in [0.5, 0.6) is 0 Å². The first kappa shape index (κ1) is 13.9. The number of hydrogen-bond acceptors (Lipinski definition) is 2. The van der Waals surface area contributed by atoms with Crippen molar-refractivity contribution in [2.45, 2.75) is 6.92 Å². The SMILES string of the molecule is COC(=O)Nc1ccccc1C=Cc1ccccc1C.